The molecular weight excluding hydrogens is 304 g/mol. The molecule has 1 fully saturated rings. The number of benzene rings is 1. The molecule has 128 valence electrons. The molecule has 1 aliphatic carbocycles. The third-order valence-corrected chi connectivity index (χ3v) is 5.61. The maximum Gasteiger partial charge on any atom is 0.142 e. The highest BCUT2D eigenvalue weighted by Crippen LogP contribution is 2.41. The Hall–Kier alpha value is -0.820. The Morgan fingerprint density at radius 1 is 1.26 bits per heavy atom. The van der Waals surface area contributed by atoms with E-state index in [2.05, 4.69) is 13.8 Å². The Morgan fingerprint density at radius 3 is 2.48 bits per heavy atom. The Kier molecular flexibility index (Phi) is 6.31. The lowest BCUT2D eigenvalue weighted by Crippen LogP contribution is -2.24. The monoisotopic (exact) mass is 334 g/mol. The maximum atomic E-state index is 12.7. The number of ketones is 1. The zero-order chi connectivity index (χ0) is 17.0. The first-order valence-electron chi connectivity index (χ1n) is 9.08. The summed E-state index contributed by atoms with van der Waals surface area (Å²) in [6.07, 6.45) is 7.44. The lowest BCUT2D eigenvalue weighted by Gasteiger charge is -2.35. The van der Waals surface area contributed by atoms with Gasteiger partial charge in [0.15, 0.2) is 0 Å². The van der Waals surface area contributed by atoms with Gasteiger partial charge in [0.05, 0.1) is 0 Å². The molecule has 1 unspecified atom stereocenters. The van der Waals surface area contributed by atoms with Gasteiger partial charge in [0.25, 0.3) is 0 Å². The molecule has 0 bridgehead atoms. The summed E-state index contributed by atoms with van der Waals surface area (Å²) in [5.74, 6) is 1.24. The fourth-order valence-corrected chi connectivity index (χ4v) is 4.20. The molecular formula is C21H31ClO. The van der Waals surface area contributed by atoms with Gasteiger partial charge < -0.3 is 0 Å². The SMILES string of the molecule is CC(C)C(=O)[C@H](CCC1CCCC(C)(C)C1)c1ccc(Cl)cc1. The summed E-state index contributed by atoms with van der Waals surface area (Å²) in [4.78, 5) is 12.7. The minimum absolute atomic E-state index is 0.0253. The predicted molar refractivity (Wildman–Crippen MR) is 99.0 cm³/mol. The molecule has 1 saturated carbocycles. The molecule has 0 radical (unpaired) electrons. The number of rotatable bonds is 6. The van der Waals surface area contributed by atoms with Crippen molar-refractivity contribution in [2.75, 3.05) is 0 Å². The molecule has 2 atom stereocenters. The van der Waals surface area contributed by atoms with Gasteiger partial charge in [0.1, 0.15) is 5.78 Å². The highest BCUT2D eigenvalue weighted by Gasteiger charge is 2.30. The van der Waals surface area contributed by atoms with E-state index in [0.717, 1.165) is 29.3 Å². The van der Waals surface area contributed by atoms with Gasteiger partial charge in [-0.05, 0) is 54.7 Å². The van der Waals surface area contributed by atoms with Gasteiger partial charge in [-0.15, -0.1) is 0 Å². The molecule has 0 amide bonds. The summed E-state index contributed by atoms with van der Waals surface area (Å²) in [7, 11) is 0. The highest BCUT2D eigenvalue weighted by molar-refractivity contribution is 6.30. The van der Waals surface area contributed by atoms with E-state index in [4.69, 9.17) is 11.6 Å². The van der Waals surface area contributed by atoms with Crippen LogP contribution in [-0.2, 0) is 4.79 Å². The average Bonchev–Trinajstić information content (AvgIpc) is 2.48. The van der Waals surface area contributed by atoms with E-state index in [9.17, 15) is 4.79 Å². The van der Waals surface area contributed by atoms with Gasteiger partial charge in [-0.2, -0.15) is 0 Å². The molecule has 0 spiro atoms. The Balaban J connectivity index is 2.06. The Morgan fingerprint density at radius 2 is 1.91 bits per heavy atom. The molecule has 1 nitrogen and oxygen atoms in total. The number of halogens is 1. The zero-order valence-corrected chi connectivity index (χ0v) is 15.8. The first-order valence-corrected chi connectivity index (χ1v) is 9.45. The van der Waals surface area contributed by atoms with Crippen molar-refractivity contribution in [3.05, 3.63) is 34.9 Å². The molecule has 0 aliphatic heterocycles. The topological polar surface area (TPSA) is 17.1 Å². The third-order valence-electron chi connectivity index (χ3n) is 5.36. The molecule has 23 heavy (non-hydrogen) atoms. The number of Topliss-reactive ketones (excluding diaryl/α,β-unsaturated/α-hetero) is 1. The number of hydrogen-bond donors (Lipinski definition) is 0. The van der Waals surface area contributed by atoms with E-state index in [1.54, 1.807) is 0 Å². The molecule has 0 heterocycles. The first kappa shape index (κ1) is 18.5. The van der Waals surface area contributed by atoms with Crippen molar-refractivity contribution in [3.63, 3.8) is 0 Å². The summed E-state index contributed by atoms with van der Waals surface area (Å²) in [5.41, 5.74) is 1.60. The van der Waals surface area contributed by atoms with E-state index >= 15 is 0 Å². The van der Waals surface area contributed by atoms with E-state index in [-0.39, 0.29) is 11.8 Å². The molecule has 2 rings (SSSR count). The van der Waals surface area contributed by atoms with Gasteiger partial charge in [-0.3, -0.25) is 4.79 Å². The number of hydrogen-bond acceptors (Lipinski definition) is 1. The molecule has 0 aromatic heterocycles. The summed E-state index contributed by atoms with van der Waals surface area (Å²) in [6, 6.07) is 7.86. The molecule has 0 N–H and O–H groups in total. The van der Waals surface area contributed by atoms with Crippen molar-refractivity contribution < 1.29 is 4.79 Å². The highest BCUT2D eigenvalue weighted by atomic mass is 35.5. The number of carbonyl (C=O) groups excluding carboxylic acids is 1. The van der Waals surface area contributed by atoms with E-state index in [1.807, 2.05) is 38.1 Å². The van der Waals surface area contributed by atoms with Gasteiger partial charge in [-0.1, -0.05) is 64.3 Å². The molecule has 1 aromatic carbocycles. The van der Waals surface area contributed by atoms with E-state index in [1.165, 1.54) is 25.7 Å². The number of carbonyl (C=O) groups is 1. The normalized spacial score (nSPS) is 22.1. The quantitative estimate of drug-likeness (QED) is 0.569. The minimum atomic E-state index is 0.0253. The van der Waals surface area contributed by atoms with Crippen LogP contribution in [0.1, 0.15) is 77.7 Å². The van der Waals surface area contributed by atoms with Crippen molar-refractivity contribution in [3.8, 4) is 0 Å². The van der Waals surface area contributed by atoms with Crippen LogP contribution in [0.15, 0.2) is 24.3 Å². The zero-order valence-electron chi connectivity index (χ0n) is 15.1. The summed E-state index contributed by atoms with van der Waals surface area (Å²) in [6.45, 7) is 8.79. The largest absolute Gasteiger partial charge is 0.299 e. The van der Waals surface area contributed by atoms with E-state index < -0.39 is 0 Å². The van der Waals surface area contributed by atoms with Crippen molar-refractivity contribution in [2.45, 2.75) is 72.1 Å². The second kappa shape index (κ2) is 7.83. The molecule has 0 saturated heterocycles. The second-order valence-corrected chi connectivity index (χ2v) is 8.80. The summed E-state index contributed by atoms with van der Waals surface area (Å²) in [5, 5.41) is 0.735. The van der Waals surface area contributed by atoms with Crippen LogP contribution >= 0.6 is 11.6 Å². The fraction of sp³-hybridized carbons (Fsp3) is 0.667. The van der Waals surface area contributed by atoms with Crippen LogP contribution in [-0.4, -0.2) is 5.78 Å². The Bertz CT molecular complexity index is 515. The van der Waals surface area contributed by atoms with Crippen LogP contribution in [0.2, 0.25) is 5.02 Å². The van der Waals surface area contributed by atoms with Gasteiger partial charge in [0, 0.05) is 16.9 Å². The van der Waals surface area contributed by atoms with Gasteiger partial charge in [0.2, 0.25) is 0 Å². The van der Waals surface area contributed by atoms with Crippen molar-refractivity contribution in [1.29, 1.82) is 0 Å². The molecule has 2 heteroatoms. The summed E-state index contributed by atoms with van der Waals surface area (Å²) < 4.78 is 0. The van der Waals surface area contributed by atoms with Gasteiger partial charge >= 0.3 is 0 Å². The standard InChI is InChI=1S/C21H31ClO/c1-15(2)20(23)19(17-8-10-18(22)11-9-17)12-7-16-6-5-13-21(3,4)14-16/h8-11,15-16,19H,5-7,12-14H2,1-4H3/t16?,19-/m1/s1. The van der Waals surface area contributed by atoms with Crippen LogP contribution in [0.3, 0.4) is 0 Å². The second-order valence-electron chi connectivity index (χ2n) is 8.37. The maximum absolute atomic E-state index is 12.7. The minimum Gasteiger partial charge on any atom is -0.299 e. The van der Waals surface area contributed by atoms with Crippen molar-refractivity contribution in [2.24, 2.45) is 17.3 Å². The van der Waals surface area contributed by atoms with Crippen molar-refractivity contribution >= 4 is 17.4 Å². The van der Waals surface area contributed by atoms with Crippen LogP contribution in [0, 0.1) is 17.3 Å². The average molecular weight is 335 g/mol. The third kappa shape index (κ3) is 5.35. The summed E-state index contributed by atoms with van der Waals surface area (Å²) >= 11 is 6.00. The predicted octanol–water partition coefficient (Wildman–Crippen LogP) is 6.65. The lowest BCUT2D eigenvalue weighted by molar-refractivity contribution is -0.123. The smallest absolute Gasteiger partial charge is 0.142 e. The van der Waals surface area contributed by atoms with E-state index in [0.29, 0.717) is 11.2 Å². The molecule has 1 aliphatic rings. The van der Waals surface area contributed by atoms with Crippen LogP contribution < -0.4 is 0 Å². The Labute approximate surface area is 146 Å². The molecule has 1 aromatic rings. The van der Waals surface area contributed by atoms with Crippen molar-refractivity contribution in [1.82, 2.24) is 0 Å². The fourth-order valence-electron chi connectivity index (χ4n) is 4.07. The lowest BCUT2D eigenvalue weighted by atomic mass is 9.70. The van der Waals surface area contributed by atoms with Gasteiger partial charge in [-0.25, -0.2) is 0 Å². The van der Waals surface area contributed by atoms with Crippen LogP contribution in [0.25, 0.3) is 0 Å². The van der Waals surface area contributed by atoms with Crippen LogP contribution in [0.5, 0.6) is 0 Å². The first-order chi connectivity index (χ1) is 10.8. The van der Waals surface area contributed by atoms with Crippen LogP contribution in [0.4, 0.5) is 0 Å².